The predicted molar refractivity (Wildman–Crippen MR) is 96.0 cm³/mol. The average Bonchev–Trinajstić information content (AvgIpc) is 2.46. The quantitative estimate of drug-likeness (QED) is 0.553. The summed E-state index contributed by atoms with van der Waals surface area (Å²) in [5, 5.41) is 1.92. The highest BCUT2D eigenvalue weighted by Gasteiger charge is 2.03. The minimum Gasteiger partial charge on any atom is -0.290 e. The van der Waals surface area contributed by atoms with Crippen LogP contribution in [0.25, 0.3) is 12.2 Å². The van der Waals surface area contributed by atoms with Crippen molar-refractivity contribution < 1.29 is 4.79 Å². The van der Waals surface area contributed by atoms with E-state index >= 15 is 0 Å². The molecule has 0 aliphatic rings. The van der Waals surface area contributed by atoms with E-state index in [1.54, 1.807) is 48.6 Å². The summed E-state index contributed by atoms with van der Waals surface area (Å²) in [6.45, 7) is 0. The summed E-state index contributed by atoms with van der Waals surface area (Å²) in [7, 11) is 0. The highest BCUT2D eigenvalue weighted by molar-refractivity contribution is 6.38. The van der Waals surface area contributed by atoms with Crippen LogP contribution < -0.4 is 0 Å². The Kier molecular flexibility index (Phi) is 6.10. The molecule has 0 fully saturated rings. The number of halogens is 4. The van der Waals surface area contributed by atoms with Gasteiger partial charge in [-0.15, -0.1) is 0 Å². The van der Waals surface area contributed by atoms with Gasteiger partial charge in [0.1, 0.15) is 0 Å². The van der Waals surface area contributed by atoms with E-state index in [4.69, 9.17) is 46.4 Å². The van der Waals surface area contributed by atoms with Crippen molar-refractivity contribution in [3.05, 3.63) is 79.8 Å². The Morgan fingerprint density at radius 3 is 1.32 bits per heavy atom. The zero-order chi connectivity index (χ0) is 16.1. The van der Waals surface area contributed by atoms with E-state index in [0.717, 1.165) is 0 Å². The number of carbonyl (C=O) groups is 1. The van der Waals surface area contributed by atoms with Crippen molar-refractivity contribution in [1.29, 1.82) is 0 Å². The molecule has 0 aromatic heterocycles. The Morgan fingerprint density at radius 2 is 1.00 bits per heavy atom. The van der Waals surface area contributed by atoms with Crippen LogP contribution in [0, 0.1) is 0 Å². The summed E-state index contributed by atoms with van der Waals surface area (Å²) in [5.41, 5.74) is 1.20. The van der Waals surface area contributed by atoms with Gasteiger partial charge in [0.15, 0.2) is 5.78 Å². The zero-order valence-electron chi connectivity index (χ0n) is 11.2. The van der Waals surface area contributed by atoms with E-state index in [-0.39, 0.29) is 5.78 Å². The Hall–Kier alpha value is -1.25. The molecule has 112 valence electrons. The largest absolute Gasteiger partial charge is 0.290 e. The SMILES string of the molecule is O=C(C=Cc1c(Cl)cccc1Cl)C=Cc1c(Cl)cccc1Cl. The van der Waals surface area contributed by atoms with Crippen LogP contribution in [0.1, 0.15) is 11.1 Å². The van der Waals surface area contributed by atoms with Crippen molar-refractivity contribution in [2.75, 3.05) is 0 Å². The fourth-order valence-electron chi connectivity index (χ4n) is 1.73. The Balaban J connectivity index is 2.17. The van der Waals surface area contributed by atoms with Crippen molar-refractivity contribution >= 4 is 64.3 Å². The van der Waals surface area contributed by atoms with Crippen molar-refractivity contribution in [3.63, 3.8) is 0 Å². The van der Waals surface area contributed by atoms with Crippen LogP contribution in [0.2, 0.25) is 20.1 Å². The van der Waals surface area contributed by atoms with Crippen LogP contribution in [-0.2, 0) is 4.79 Å². The van der Waals surface area contributed by atoms with E-state index in [0.29, 0.717) is 31.2 Å². The lowest BCUT2D eigenvalue weighted by Gasteiger charge is -2.00. The molecule has 0 spiro atoms. The summed E-state index contributed by atoms with van der Waals surface area (Å²) in [6, 6.07) is 10.3. The molecule has 0 radical (unpaired) electrons. The Bertz CT molecular complexity index is 659. The molecule has 0 bridgehead atoms. The molecular weight excluding hydrogens is 362 g/mol. The number of carbonyl (C=O) groups excluding carboxylic acids is 1. The maximum Gasteiger partial charge on any atom is 0.178 e. The molecule has 2 aromatic carbocycles. The van der Waals surface area contributed by atoms with Gasteiger partial charge >= 0.3 is 0 Å². The van der Waals surface area contributed by atoms with Gasteiger partial charge in [-0.2, -0.15) is 0 Å². The van der Waals surface area contributed by atoms with E-state index < -0.39 is 0 Å². The van der Waals surface area contributed by atoms with Crippen molar-refractivity contribution in [2.24, 2.45) is 0 Å². The first-order valence-corrected chi connectivity index (χ1v) is 7.78. The van der Waals surface area contributed by atoms with Crippen LogP contribution in [0.5, 0.6) is 0 Å². The molecule has 0 unspecified atom stereocenters. The minimum atomic E-state index is -0.230. The summed E-state index contributed by atoms with van der Waals surface area (Å²) < 4.78 is 0. The van der Waals surface area contributed by atoms with Crippen LogP contribution in [-0.4, -0.2) is 5.78 Å². The van der Waals surface area contributed by atoms with Crippen LogP contribution in [0.3, 0.4) is 0 Å². The monoisotopic (exact) mass is 370 g/mol. The minimum absolute atomic E-state index is 0.230. The Labute approximate surface area is 148 Å². The molecule has 0 amide bonds. The maximum absolute atomic E-state index is 11.9. The van der Waals surface area contributed by atoms with E-state index in [9.17, 15) is 4.79 Å². The smallest absolute Gasteiger partial charge is 0.178 e. The second-order valence-electron chi connectivity index (χ2n) is 4.34. The number of benzene rings is 2. The predicted octanol–water partition coefficient (Wildman–Crippen LogP) is 6.60. The average molecular weight is 372 g/mol. The summed E-state index contributed by atoms with van der Waals surface area (Å²) in [4.78, 5) is 11.9. The van der Waals surface area contributed by atoms with Gasteiger partial charge in [0.2, 0.25) is 0 Å². The lowest BCUT2D eigenvalue weighted by atomic mass is 10.1. The third-order valence-electron chi connectivity index (χ3n) is 2.83. The molecule has 22 heavy (non-hydrogen) atoms. The number of hydrogen-bond donors (Lipinski definition) is 0. The van der Waals surface area contributed by atoms with Crippen molar-refractivity contribution in [2.45, 2.75) is 0 Å². The standard InChI is InChI=1S/C17H10Cl4O/c18-14-3-1-4-15(19)12(14)9-7-11(22)8-10-13-16(20)5-2-6-17(13)21/h1-10H. The van der Waals surface area contributed by atoms with Gasteiger partial charge in [0, 0.05) is 31.2 Å². The fourth-order valence-corrected chi connectivity index (χ4v) is 2.77. The second-order valence-corrected chi connectivity index (χ2v) is 5.97. The number of ketones is 1. The van der Waals surface area contributed by atoms with E-state index in [1.807, 2.05) is 0 Å². The molecule has 0 saturated heterocycles. The lowest BCUT2D eigenvalue weighted by molar-refractivity contribution is -0.110. The van der Waals surface area contributed by atoms with E-state index in [1.165, 1.54) is 12.2 Å². The molecule has 0 aliphatic heterocycles. The molecule has 0 N–H and O–H groups in total. The summed E-state index contributed by atoms with van der Waals surface area (Å²) >= 11 is 24.1. The van der Waals surface area contributed by atoms with Gasteiger partial charge in [-0.05, 0) is 48.6 Å². The normalized spacial score (nSPS) is 11.5. The highest BCUT2D eigenvalue weighted by Crippen LogP contribution is 2.26. The summed E-state index contributed by atoms with van der Waals surface area (Å²) in [5.74, 6) is -0.230. The van der Waals surface area contributed by atoms with Gasteiger partial charge in [0.25, 0.3) is 0 Å². The molecule has 1 nitrogen and oxygen atoms in total. The molecule has 5 heteroatoms. The number of allylic oxidation sites excluding steroid dienone is 2. The molecule has 0 heterocycles. The highest BCUT2D eigenvalue weighted by atomic mass is 35.5. The topological polar surface area (TPSA) is 17.1 Å². The first-order valence-electron chi connectivity index (χ1n) is 6.27. The molecule has 0 atom stereocenters. The van der Waals surface area contributed by atoms with Gasteiger partial charge < -0.3 is 0 Å². The molecular formula is C17H10Cl4O. The summed E-state index contributed by atoms with van der Waals surface area (Å²) in [6.07, 6.45) is 5.92. The fraction of sp³-hybridized carbons (Fsp3) is 0. The molecule has 0 aliphatic carbocycles. The molecule has 2 rings (SSSR count). The third-order valence-corrected chi connectivity index (χ3v) is 4.15. The number of rotatable bonds is 4. The van der Waals surface area contributed by atoms with Gasteiger partial charge in [-0.25, -0.2) is 0 Å². The first kappa shape index (κ1) is 17.1. The van der Waals surface area contributed by atoms with Crippen LogP contribution >= 0.6 is 46.4 Å². The van der Waals surface area contributed by atoms with Crippen LogP contribution in [0.15, 0.2) is 48.6 Å². The first-order chi connectivity index (χ1) is 10.5. The van der Waals surface area contributed by atoms with Crippen LogP contribution in [0.4, 0.5) is 0 Å². The maximum atomic E-state index is 11.9. The number of hydrogen-bond acceptors (Lipinski definition) is 1. The van der Waals surface area contributed by atoms with Crippen molar-refractivity contribution in [3.8, 4) is 0 Å². The lowest BCUT2D eigenvalue weighted by Crippen LogP contribution is -1.87. The molecule has 0 saturated carbocycles. The second kappa shape index (κ2) is 7.85. The van der Waals surface area contributed by atoms with E-state index in [2.05, 4.69) is 0 Å². The Morgan fingerprint density at radius 1 is 0.682 bits per heavy atom. The van der Waals surface area contributed by atoms with Crippen molar-refractivity contribution in [1.82, 2.24) is 0 Å². The van der Waals surface area contributed by atoms with Gasteiger partial charge in [0.05, 0.1) is 0 Å². The molecule has 2 aromatic rings. The zero-order valence-corrected chi connectivity index (χ0v) is 14.2. The van der Waals surface area contributed by atoms with Gasteiger partial charge in [-0.3, -0.25) is 4.79 Å². The third kappa shape index (κ3) is 4.37. The van der Waals surface area contributed by atoms with Gasteiger partial charge in [-0.1, -0.05) is 58.5 Å².